The number of rotatable bonds is 9. The minimum Gasteiger partial charge on any atom is -0.350 e. The van der Waals surface area contributed by atoms with Crippen LogP contribution >= 0.6 is 0 Å². The maximum Gasteiger partial charge on any atom is 0.251 e. The Kier molecular flexibility index (Phi) is 7.42. The number of hydrogen-bond donors (Lipinski definition) is 1. The number of carbonyl (C=O) groups is 1. The monoisotopic (exact) mass is 388 g/mol. The Morgan fingerprint density at radius 1 is 1.04 bits per heavy atom. The fourth-order valence-electron chi connectivity index (χ4n) is 2.88. The summed E-state index contributed by atoms with van der Waals surface area (Å²) in [6.07, 6.45) is 1.76. The largest absolute Gasteiger partial charge is 0.350 e. The predicted octanol–water partition coefficient (Wildman–Crippen LogP) is 3.61. The smallest absolute Gasteiger partial charge is 0.251 e. The van der Waals surface area contributed by atoms with Gasteiger partial charge in [-0.25, -0.2) is 8.42 Å². The van der Waals surface area contributed by atoms with Gasteiger partial charge in [0.1, 0.15) is 0 Å². The molecule has 0 aliphatic heterocycles. The lowest BCUT2D eigenvalue weighted by molar-refractivity contribution is 0.0938. The van der Waals surface area contributed by atoms with E-state index < -0.39 is 10.0 Å². The van der Waals surface area contributed by atoms with Gasteiger partial charge in [0, 0.05) is 18.2 Å². The minimum absolute atomic E-state index is 0.0437. The second-order valence-electron chi connectivity index (χ2n) is 6.51. The van der Waals surface area contributed by atoms with E-state index in [1.165, 1.54) is 9.87 Å². The van der Waals surface area contributed by atoms with Gasteiger partial charge in [-0.3, -0.25) is 9.10 Å². The van der Waals surface area contributed by atoms with Gasteiger partial charge in [0.15, 0.2) is 0 Å². The number of aryl methyl sites for hydroxylation is 1. The quantitative estimate of drug-likeness (QED) is 0.713. The Morgan fingerprint density at radius 3 is 2.22 bits per heavy atom. The van der Waals surface area contributed by atoms with Crippen LogP contribution in [0.5, 0.6) is 0 Å². The van der Waals surface area contributed by atoms with Gasteiger partial charge in [-0.1, -0.05) is 30.3 Å². The van der Waals surface area contributed by atoms with Crippen molar-refractivity contribution in [3.8, 4) is 0 Å². The number of anilines is 1. The van der Waals surface area contributed by atoms with Crippen LogP contribution in [0.2, 0.25) is 0 Å². The normalized spacial score (nSPS) is 12.4. The summed E-state index contributed by atoms with van der Waals surface area (Å²) < 4.78 is 25.6. The zero-order valence-electron chi connectivity index (χ0n) is 16.2. The van der Waals surface area contributed by atoms with Gasteiger partial charge in [-0.2, -0.15) is 0 Å². The summed E-state index contributed by atoms with van der Waals surface area (Å²) in [6, 6.07) is 16.9. The van der Waals surface area contributed by atoms with Gasteiger partial charge < -0.3 is 5.32 Å². The van der Waals surface area contributed by atoms with Crippen molar-refractivity contribution >= 4 is 21.6 Å². The van der Waals surface area contributed by atoms with Crippen molar-refractivity contribution in [3.63, 3.8) is 0 Å². The summed E-state index contributed by atoms with van der Waals surface area (Å²) in [5, 5.41) is 3.00. The van der Waals surface area contributed by atoms with E-state index in [0.29, 0.717) is 17.8 Å². The van der Waals surface area contributed by atoms with Gasteiger partial charge in [0.05, 0.1) is 11.4 Å². The van der Waals surface area contributed by atoms with Crippen molar-refractivity contribution < 1.29 is 13.2 Å². The number of nitrogens with one attached hydrogen (secondary N) is 1. The summed E-state index contributed by atoms with van der Waals surface area (Å²) >= 11 is 0. The van der Waals surface area contributed by atoms with Crippen LogP contribution in [-0.4, -0.2) is 32.7 Å². The number of amides is 1. The van der Waals surface area contributed by atoms with Crippen LogP contribution in [0, 0.1) is 0 Å². The molecule has 2 rings (SSSR count). The van der Waals surface area contributed by atoms with E-state index in [-0.39, 0.29) is 17.7 Å². The Morgan fingerprint density at radius 2 is 1.67 bits per heavy atom. The zero-order valence-corrected chi connectivity index (χ0v) is 17.0. The predicted molar refractivity (Wildman–Crippen MR) is 111 cm³/mol. The van der Waals surface area contributed by atoms with Crippen molar-refractivity contribution in [1.29, 1.82) is 0 Å². The lowest BCUT2D eigenvalue weighted by Crippen LogP contribution is -2.33. The average Bonchev–Trinajstić information content (AvgIpc) is 2.68. The Bertz CT molecular complexity index is 833. The fourth-order valence-corrected chi connectivity index (χ4v) is 4.03. The van der Waals surface area contributed by atoms with Gasteiger partial charge >= 0.3 is 0 Å². The van der Waals surface area contributed by atoms with E-state index in [9.17, 15) is 13.2 Å². The first-order valence-corrected chi connectivity index (χ1v) is 10.9. The molecule has 0 spiro atoms. The Labute approximate surface area is 162 Å². The molecule has 27 heavy (non-hydrogen) atoms. The standard InChI is InChI=1S/C21H28N2O3S/c1-4-23(27(25,26)5-2)20-15-13-19(14-16-20)21(24)22-17(3)11-12-18-9-7-6-8-10-18/h6-10,13-17H,4-5,11-12H2,1-3H3,(H,22,24). The lowest BCUT2D eigenvalue weighted by atomic mass is 10.1. The molecule has 0 aliphatic rings. The van der Waals surface area contributed by atoms with E-state index in [4.69, 9.17) is 0 Å². The third-order valence-electron chi connectivity index (χ3n) is 4.49. The van der Waals surface area contributed by atoms with E-state index >= 15 is 0 Å². The highest BCUT2D eigenvalue weighted by atomic mass is 32.2. The van der Waals surface area contributed by atoms with Gasteiger partial charge in [0.2, 0.25) is 10.0 Å². The molecule has 0 fully saturated rings. The molecule has 1 unspecified atom stereocenters. The number of benzene rings is 2. The van der Waals surface area contributed by atoms with Gasteiger partial charge in [-0.15, -0.1) is 0 Å². The summed E-state index contributed by atoms with van der Waals surface area (Å²) in [7, 11) is -3.32. The van der Waals surface area contributed by atoms with Crippen LogP contribution < -0.4 is 9.62 Å². The van der Waals surface area contributed by atoms with Crippen LogP contribution in [0.4, 0.5) is 5.69 Å². The fraction of sp³-hybridized carbons (Fsp3) is 0.381. The third kappa shape index (κ3) is 5.82. The SMILES string of the molecule is CCN(c1ccc(C(=O)NC(C)CCc2ccccc2)cc1)S(=O)(=O)CC. The van der Waals surface area contributed by atoms with Crippen molar-refractivity contribution in [2.24, 2.45) is 0 Å². The molecule has 1 N–H and O–H groups in total. The molecule has 0 saturated heterocycles. The first-order chi connectivity index (χ1) is 12.9. The molecule has 0 saturated carbocycles. The highest BCUT2D eigenvalue weighted by Crippen LogP contribution is 2.19. The second kappa shape index (κ2) is 9.55. The lowest BCUT2D eigenvalue weighted by Gasteiger charge is -2.22. The van der Waals surface area contributed by atoms with E-state index in [0.717, 1.165) is 12.8 Å². The number of sulfonamides is 1. The van der Waals surface area contributed by atoms with Crippen molar-refractivity contribution in [3.05, 3.63) is 65.7 Å². The summed E-state index contributed by atoms with van der Waals surface area (Å²) in [6.45, 7) is 5.76. The molecule has 2 aromatic rings. The van der Waals surface area contributed by atoms with Crippen molar-refractivity contribution in [1.82, 2.24) is 5.32 Å². The zero-order chi connectivity index (χ0) is 19.9. The molecule has 5 nitrogen and oxygen atoms in total. The maximum atomic E-state index is 12.4. The Balaban J connectivity index is 1.96. The van der Waals surface area contributed by atoms with Crippen LogP contribution in [0.1, 0.15) is 43.1 Å². The number of nitrogens with zero attached hydrogens (tertiary/aromatic N) is 1. The summed E-state index contributed by atoms with van der Waals surface area (Å²) in [5.74, 6) is -0.106. The van der Waals surface area contributed by atoms with Crippen molar-refractivity contribution in [2.75, 3.05) is 16.6 Å². The first kappa shape index (κ1) is 21.0. The molecule has 0 aromatic heterocycles. The Hall–Kier alpha value is -2.34. The van der Waals surface area contributed by atoms with Gasteiger partial charge in [0.25, 0.3) is 5.91 Å². The van der Waals surface area contributed by atoms with Crippen LogP contribution in [0.25, 0.3) is 0 Å². The van der Waals surface area contributed by atoms with Crippen LogP contribution in [0.3, 0.4) is 0 Å². The molecule has 0 radical (unpaired) electrons. The van der Waals surface area contributed by atoms with E-state index in [1.807, 2.05) is 25.1 Å². The number of carbonyl (C=O) groups excluding carboxylic acids is 1. The first-order valence-electron chi connectivity index (χ1n) is 9.32. The molecule has 0 aliphatic carbocycles. The maximum absolute atomic E-state index is 12.4. The molecular formula is C21H28N2O3S. The molecule has 146 valence electrons. The van der Waals surface area contributed by atoms with Gasteiger partial charge in [-0.05, 0) is 63.4 Å². The average molecular weight is 389 g/mol. The third-order valence-corrected chi connectivity index (χ3v) is 6.36. The van der Waals surface area contributed by atoms with Crippen LogP contribution in [-0.2, 0) is 16.4 Å². The summed E-state index contributed by atoms with van der Waals surface area (Å²) in [4.78, 5) is 12.4. The molecule has 0 bridgehead atoms. The van der Waals surface area contributed by atoms with Crippen molar-refractivity contribution in [2.45, 2.75) is 39.7 Å². The van der Waals surface area contributed by atoms with Crippen LogP contribution in [0.15, 0.2) is 54.6 Å². The molecule has 0 heterocycles. The summed E-state index contributed by atoms with van der Waals surface area (Å²) in [5.41, 5.74) is 2.35. The minimum atomic E-state index is -3.32. The number of hydrogen-bond acceptors (Lipinski definition) is 3. The topological polar surface area (TPSA) is 66.5 Å². The molecule has 1 amide bonds. The highest BCUT2D eigenvalue weighted by molar-refractivity contribution is 7.92. The van der Waals surface area contributed by atoms with E-state index in [2.05, 4.69) is 17.4 Å². The molecule has 6 heteroatoms. The molecular weight excluding hydrogens is 360 g/mol. The second-order valence-corrected chi connectivity index (χ2v) is 8.69. The highest BCUT2D eigenvalue weighted by Gasteiger charge is 2.19. The molecule has 1 atom stereocenters. The molecule has 2 aromatic carbocycles. The van der Waals surface area contributed by atoms with E-state index in [1.54, 1.807) is 38.1 Å².